The van der Waals surface area contributed by atoms with Gasteiger partial charge in [0.1, 0.15) is 0 Å². The molecule has 18 heavy (non-hydrogen) atoms. The van der Waals surface area contributed by atoms with Crippen molar-refractivity contribution in [3.63, 3.8) is 0 Å². The number of methoxy groups -OCH3 is 1. The smallest absolute Gasteiger partial charge is 0.0793 e. The highest BCUT2D eigenvalue weighted by Gasteiger charge is 2.03. The molecule has 0 aromatic heterocycles. The number of hydrogen-bond acceptors (Lipinski definition) is 2. The van der Waals surface area contributed by atoms with Gasteiger partial charge in [0.2, 0.25) is 0 Å². The Balaban J connectivity index is 1.94. The Bertz CT molecular complexity index is 464. The van der Waals surface area contributed by atoms with Crippen LogP contribution in [0.25, 0.3) is 0 Å². The molecule has 94 valence electrons. The summed E-state index contributed by atoms with van der Waals surface area (Å²) in [6.45, 7) is 2.06. The molecule has 0 bridgehead atoms. The van der Waals surface area contributed by atoms with Crippen LogP contribution in [0.4, 0.5) is 0 Å². The van der Waals surface area contributed by atoms with E-state index in [-0.39, 0.29) is 6.10 Å². The number of benzene rings is 2. The van der Waals surface area contributed by atoms with Crippen molar-refractivity contribution in [1.29, 1.82) is 0 Å². The molecule has 0 saturated carbocycles. The third-order valence-electron chi connectivity index (χ3n) is 2.95. The van der Waals surface area contributed by atoms with Crippen molar-refractivity contribution < 1.29 is 4.74 Å². The maximum atomic E-state index is 5.30. The molecular formula is C16H18OS. The predicted octanol–water partition coefficient (Wildman–Crippen LogP) is 4.69. The molecule has 0 aliphatic heterocycles. The molecule has 2 aromatic carbocycles. The van der Waals surface area contributed by atoms with E-state index in [9.17, 15) is 0 Å². The maximum Gasteiger partial charge on any atom is 0.0793 e. The van der Waals surface area contributed by atoms with E-state index in [0.717, 1.165) is 5.75 Å². The molecule has 0 N–H and O–H groups in total. The SMILES string of the molecule is COC(C)c1ccc(SCc2ccccc2)cc1. The number of ether oxygens (including phenoxy) is 1. The number of rotatable bonds is 5. The summed E-state index contributed by atoms with van der Waals surface area (Å²) in [6.07, 6.45) is 0.165. The Hall–Kier alpha value is -1.25. The van der Waals surface area contributed by atoms with Gasteiger partial charge in [-0.2, -0.15) is 0 Å². The van der Waals surface area contributed by atoms with Gasteiger partial charge < -0.3 is 4.74 Å². The fraction of sp³-hybridized carbons (Fsp3) is 0.250. The van der Waals surface area contributed by atoms with Crippen LogP contribution in [0, 0.1) is 0 Å². The van der Waals surface area contributed by atoms with Gasteiger partial charge in [-0.25, -0.2) is 0 Å². The second-order valence-electron chi connectivity index (χ2n) is 4.22. The summed E-state index contributed by atoms with van der Waals surface area (Å²) < 4.78 is 5.30. The molecule has 0 aliphatic carbocycles. The van der Waals surface area contributed by atoms with Crippen LogP contribution < -0.4 is 0 Å². The second-order valence-corrected chi connectivity index (χ2v) is 5.27. The van der Waals surface area contributed by atoms with Gasteiger partial charge in [-0.15, -0.1) is 11.8 Å². The highest BCUT2D eigenvalue weighted by Crippen LogP contribution is 2.25. The van der Waals surface area contributed by atoms with Crippen molar-refractivity contribution >= 4 is 11.8 Å². The molecule has 0 radical (unpaired) electrons. The summed E-state index contributed by atoms with van der Waals surface area (Å²) in [4.78, 5) is 1.30. The number of thioether (sulfide) groups is 1. The first-order valence-corrected chi connectivity index (χ1v) is 7.07. The number of hydrogen-bond donors (Lipinski definition) is 0. The lowest BCUT2D eigenvalue weighted by Crippen LogP contribution is -1.94. The van der Waals surface area contributed by atoms with E-state index in [1.165, 1.54) is 16.0 Å². The van der Waals surface area contributed by atoms with Gasteiger partial charge in [0.15, 0.2) is 0 Å². The lowest BCUT2D eigenvalue weighted by Gasteiger charge is -2.10. The van der Waals surface area contributed by atoms with Crippen LogP contribution in [0.1, 0.15) is 24.2 Å². The van der Waals surface area contributed by atoms with E-state index in [1.807, 2.05) is 11.8 Å². The average molecular weight is 258 g/mol. The molecule has 1 atom stereocenters. The van der Waals surface area contributed by atoms with Crippen molar-refractivity contribution in [2.75, 3.05) is 7.11 Å². The van der Waals surface area contributed by atoms with E-state index in [2.05, 4.69) is 61.5 Å². The summed E-state index contributed by atoms with van der Waals surface area (Å²) in [5, 5.41) is 0. The molecule has 0 heterocycles. The van der Waals surface area contributed by atoms with E-state index in [1.54, 1.807) is 7.11 Å². The summed E-state index contributed by atoms with van der Waals surface area (Å²) in [7, 11) is 1.74. The third kappa shape index (κ3) is 3.62. The van der Waals surface area contributed by atoms with Crippen molar-refractivity contribution in [2.45, 2.75) is 23.7 Å². The third-order valence-corrected chi connectivity index (χ3v) is 4.03. The lowest BCUT2D eigenvalue weighted by molar-refractivity contribution is 0.119. The molecular weight excluding hydrogens is 240 g/mol. The largest absolute Gasteiger partial charge is 0.377 e. The van der Waals surface area contributed by atoms with Crippen LogP contribution in [-0.4, -0.2) is 7.11 Å². The molecule has 1 nitrogen and oxygen atoms in total. The van der Waals surface area contributed by atoms with Gasteiger partial charge in [-0.05, 0) is 30.2 Å². The Morgan fingerprint density at radius 1 is 1.00 bits per heavy atom. The Kier molecular flexibility index (Phi) is 4.85. The Morgan fingerprint density at radius 3 is 2.28 bits per heavy atom. The monoisotopic (exact) mass is 258 g/mol. The van der Waals surface area contributed by atoms with Crippen LogP contribution >= 0.6 is 11.8 Å². The van der Waals surface area contributed by atoms with E-state index in [0.29, 0.717) is 0 Å². The molecule has 0 fully saturated rings. The van der Waals surface area contributed by atoms with Gasteiger partial charge in [0.25, 0.3) is 0 Å². The van der Waals surface area contributed by atoms with Crippen LogP contribution in [0.5, 0.6) is 0 Å². The standard InChI is InChI=1S/C16H18OS/c1-13(17-2)15-8-10-16(11-9-15)18-12-14-6-4-3-5-7-14/h3-11,13H,12H2,1-2H3. The molecule has 0 saturated heterocycles. The van der Waals surface area contributed by atoms with Gasteiger partial charge in [-0.1, -0.05) is 42.5 Å². The van der Waals surface area contributed by atoms with E-state index in [4.69, 9.17) is 4.74 Å². The quantitative estimate of drug-likeness (QED) is 0.720. The molecule has 2 heteroatoms. The Morgan fingerprint density at radius 2 is 1.67 bits per heavy atom. The zero-order valence-electron chi connectivity index (χ0n) is 10.8. The fourth-order valence-electron chi connectivity index (χ4n) is 1.71. The van der Waals surface area contributed by atoms with Gasteiger partial charge in [0.05, 0.1) is 6.10 Å². The first-order chi connectivity index (χ1) is 8.79. The molecule has 2 aromatic rings. The zero-order chi connectivity index (χ0) is 12.8. The average Bonchev–Trinajstić information content (AvgIpc) is 2.46. The summed E-state index contributed by atoms with van der Waals surface area (Å²) in [5.41, 5.74) is 2.58. The topological polar surface area (TPSA) is 9.23 Å². The Labute approximate surface area is 113 Å². The second kappa shape index (κ2) is 6.62. The molecule has 1 unspecified atom stereocenters. The molecule has 0 aliphatic rings. The summed E-state index contributed by atoms with van der Waals surface area (Å²) >= 11 is 1.86. The van der Waals surface area contributed by atoms with Crippen molar-refractivity contribution in [3.8, 4) is 0 Å². The van der Waals surface area contributed by atoms with Crippen LogP contribution in [0.2, 0.25) is 0 Å². The van der Waals surface area contributed by atoms with Crippen LogP contribution in [0.15, 0.2) is 59.5 Å². The van der Waals surface area contributed by atoms with Crippen molar-refractivity contribution in [3.05, 3.63) is 65.7 Å². The molecule has 2 rings (SSSR count). The molecule has 0 spiro atoms. The first-order valence-electron chi connectivity index (χ1n) is 6.09. The maximum absolute atomic E-state index is 5.30. The van der Waals surface area contributed by atoms with E-state index >= 15 is 0 Å². The summed E-state index contributed by atoms with van der Waals surface area (Å²) in [6, 6.07) is 19.1. The van der Waals surface area contributed by atoms with Crippen molar-refractivity contribution in [2.24, 2.45) is 0 Å². The van der Waals surface area contributed by atoms with Crippen LogP contribution in [0.3, 0.4) is 0 Å². The van der Waals surface area contributed by atoms with Crippen LogP contribution in [-0.2, 0) is 10.5 Å². The van der Waals surface area contributed by atoms with Gasteiger partial charge in [-0.3, -0.25) is 0 Å². The van der Waals surface area contributed by atoms with E-state index < -0.39 is 0 Å². The van der Waals surface area contributed by atoms with Gasteiger partial charge in [0, 0.05) is 17.8 Å². The highest BCUT2D eigenvalue weighted by atomic mass is 32.2. The minimum atomic E-state index is 0.165. The fourth-order valence-corrected chi connectivity index (χ4v) is 2.57. The lowest BCUT2D eigenvalue weighted by atomic mass is 10.1. The van der Waals surface area contributed by atoms with Crippen molar-refractivity contribution in [1.82, 2.24) is 0 Å². The minimum Gasteiger partial charge on any atom is -0.377 e. The van der Waals surface area contributed by atoms with Gasteiger partial charge >= 0.3 is 0 Å². The normalized spacial score (nSPS) is 12.3. The minimum absolute atomic E-state index is 0.165. The highest BCUT2D eigenvalue weighted by molar-refractivity contribution is 7.98. The first kappa shape index (κ1) is 13.2. The molecule has 0 amide bonds. The zero-order valence-corrected chi connectivity index (χ0v) is 11.6. The summed E-state index contributed by atoms with van der Waals surface area (Å²) in [5.74, 6) is 1.01. The predicted molar refractivity (Wildman–Crippen MR) is 77.9 cm³/mol.